The molecule has 43 heavy (non-hydrogen) atoms. The number of thioether (sulfide) groups is 1. The summed E-state index contributed by atoms with van der Waals surface area (Å²) in [6.07, 6.45) is -0.597. The molecule has 2 heterocycles. The molecule has 0 bridgehead atoms. The predicted molar refractivity (Wildman–Crippen MR) is 177 cm³/mol. The van der Waals surface area contributed by atoms with Gasteiger partial charge in [0.2, 0.25) is 0 Å². The number of phenolic OH excluding ortho intramolecular Hbond substituents is 1. The summed E-state index contributed by atoms with van der Waals surface area (Å²) >= 11 is 1.51. The van der Waals surface area contributed by atoms with Crippen LogP contribution in [-0.4, -0.2) is 20.8 Å². The number of phenols is 1. The second-order valence-electron chi connectivity index (χ2n) is 13.8. The summed E-state index contributed by atoms with van der Waals surface area (Å²) < 4.78 is 5.74. The number of carbonyl (C=O) groups excluding carboxylic acids is 1. The van der Waals surface area contributed by atoms with Crippen molar-refractivity contribution in [1.82, 2.24) is 0 Å². The van der Waals surface area contributed by atoms with Crippen LogP contribution in [0.1, 0.15) is 92.5 Å². The van der Waals surface area contributed by atoms with Crippen molar-refractivity contribution in [2.45, 2.75) is 76.1 Å². The molecule has 1 amide bonds. The molecule has 0 saturated carbocycles. The molecule has 1 N–H and O–H groups in total. The second kappa shape index (κ2) is 10.4. The lowest BCUT2D eigenvalue weighted by Crippen LogP contribution is -2.49. The normalized spacial score (nSPS) is 21.8. The quantitative estimate of drug-likeness (QED) is 0.259. The third-order valence-corrected chi connectivity index (χ3v) is 10.1. The van der Waals surface area contributed by atoms with Crippen molar-refractivity contribution in [3.63, 3.8) is 0 Å². The summed E-state index contributed by atoms with van der Waals surface area (Å²) in [6, 6.07) is 30.5. The number of hydrogen-bond acceptors (Lipinski definition) is 4. The molecular weight excluding hydrogens is 550 g/mol. The Kier molecular flexibility index (Phi) is 7.08. The Morgan fingerprint density at radius 2 is 1.37 bits per heavy atom. The maximum Gasteiger partial charge on any atom is 0.268 e. The lowest BCUT2D eigenvalue weighted by atomic mass is 9.70. The maximum atomic E-state index is 14.7. The fourth-order valence-electron chi connectivity index (χ4n) is 6.33. The highest BCUT2D eigenvalue weighted by Crippen LogP contribution is 2.61. The van der Waals surface area contributed by atoms with Crippen LogP contribution in [0.4, 0.5) is 0 Å². The van der Waals surface area contributed by atoms with E-state index < -0.39 is 16.8 Å². The number of aryl methyl sites for hydroxylation is 1. The van der Waals surface area contributed by atoms with Gasteiger partial charge in [-0.3, -0.25) is 4.79 Å². The second-order valence-corrected chi connectivity index (χ2v) is 15.1. The Morgan fingerprint density at radius 1 is 0.791 bits per heavy atom. The molecule has 2 aliphatic heterocycles. The van der Waals surface area contributed by atoms with E-state index in [-0.39, 0.29) is 16.7 Å². The largest absolute Gasteiger partial charge is 0.507 e. The number of carbonyl (C=O) groups is 1. The Bertz CT molecular complexity index is 1690. The Morgan fingerprint density at radius 3 is 1.98 bits per heavy atom. The van der Waals surface area contributed by atoms with Gasteiger partial charge in [0, 0.05) is 17.0 Å². The first-order chi connectivity index (χ1) is 20.3. The highest BCUT2D eigenvalue weighted by molar-refractivity contribution is 8.16. The molecule has 2 aliphatic rings. The van der Waals surface area contributed by atoms with Crippen molar-refractivity contribution in [3.8, 4) is 11.5 Å². The number of ether oxygens (including phenoxy) is 1. The third kappa shape index (κ3) is 4.98. The Hall–Kier alpha value is -3.83. The summed E-state index contributed by atoms with van der Waals surface area (Å²) in [5.74, 6) is 0.478. The zero-order chi connectivity index (χ0) is 30.7. The zero-order valence-corrected chi connectivity index (χ0v) is 26.8. The summed E-state index contributed by atoms with van der Waals surface area (Å²) in [7, 11) is 0. The Labute approximate surface area is 259 Å². The van der Waals surface area contributed by atoms with Gasteiger partial charge < -0.3 is 9.84 Å². The fourth-order valence-corrected chi connectivity index (χ4v) is 7.84. The van der Waals surface area contributed by atoms with E-state index in [9.17, 15) is 9.90 Å². The SMILES string of the molecule is Cc1ccc([C@H]2Oc3ccccc3[C@@H](c3cc(C(C)(C)C)c(O)c(C(C)(C)C)c3)[C@@]23SC(c2ccccc2)=NC3=O)cc1. The number of rotatable bonds is 3. The van der Waals surface area contributed by atoms with E-state index in [1.807, 2.05) is 48.5 Å². The van der Waals surface area contributed by atoms with Crippen LogP contribution in [0, 0.1) is 6.92 Å². The van der Waals surface area contributed by atoms with Gasteiger partial charge >= 0.3 is 0 Å². The van der Waals surface area contributed by atoms with Crippen LogP contribution in [0.25, 0.3) is 0 Å². The topological polar surface area (TPSA) is 58.9 Å². The number of para-hydroxylation sites is 1. The first-order valence-corrected chi connectivity index (χ1v) is 15.7. The van der Waals surface area contributed by atoms with Gasteiger partial charge in [-0.15, -0.1) is 0 Å². The molecule has 4 aromatic carbocycles. The number of hydrogen-bond donors (Lipinski definition) is 1. The smallest absolute Gasteiger partial charge is 0.268 e. The maximum absolute atomic E-state index is 14.7. The molecule has 6 rings (SSSR count). The molecule has 0 fully saturated rings. The summed E-state index contributed by atoms with van der Waals surface area (Å²) in [6.45, 7) is 14.8. The van der Waals surface area contributed by atoms with E-state index in [1.165, 1.54) is 11.8 Å². The van der Waals surface area contributed by atoms with Crippen molar-refractivity contribution in [2.75, 3.05) is 0 Å². The molecule has 0 unspecified atom stereocenters. The lowest BCUT2D eigenvalue weighted by Gasteiger charge is -2.46. The van der Waals surface area contributed by atoms with Gasteiger partial charge in [0.25, 0.3) is 5.91 Å². The average molecular weight is 590 g/mol. The van der Waals surface area contributed by atoms with E-state index in [0.717, 1.165) is 44.7 Å². The van der Waals surface area contributed by atoms with Crippen LogP contribution in [0.2, 0.25) is 0 Å². The van der Waals surface area contributed by atoms with Crippen LogP contribution in [0.15, 0.2) is 96.0 Å². The number of amides is 1. The van der Waals surface area contributed by atoms with Crippen LogP contribution in [0.5, 0.6) is 11.5 Å². The van der Waals surface area contributed by atoms with E-state index in [4.69, 9.17) is 9.73 Å². The van der Waals surface area contributed by atoms with Crippen molar-refractivity contribution in [1.29, 1.82) is 0 Å². The molecule has 5 heteroatoms. The van der Waals surface area contributed by atoms with E-state index in [1.54, 1.807) is 0 Å². The number of aromatic hydroxyl groups is 1. The summed E-state index contributed by atoms with van der Waals surface area (Å²) in [5.41, 5.74) is 5.98. The van der Waals surface area contributed by atoms with Gasteiger partial charge in [-0.1, -0.05) is 144 Å². The molecule has 1 spiro atoms. The van der Waals surface area contributed by atoms with Crippen LogP contribution < -0.4 is 4.74 Å². The first-order valence-electron chi connectivity index (χ1n) is 14.9. The molecule has 220 valence electrons. The lowest BCUT2D eigenvalue weighted by molar-refractivity contribution is -0.123. The van der Waals surface area contributed by atoms with Gasteiger partial charge in [-0.05, 0) is 46.1 Å². The van der Waals surface area contributed by atoms with Crippen LogP contribution >= 0.6 is 11.8 Å². The fraction of sp³-hybridized carbons (Fsp3) is 0.316. The monoisotopic (exact) mass is 589 g/mol. The van der Waals surface area contributed by atoms with Crippen LogP contribution in [0.3, 0.4) is 0 Å². The van der Waals surface area contributed by atoms with Crippen molar-refractivity contribution in [3.05, 3.63) is 130 Å². The standard InChI is InChI=1S/C38H39NO3S/c1-23-17-19-24(20-18-23)33-38(35(41)39-34(43-38)25-13-9-8-10-14-25)31(27-15-11-12-16-30(27)42-33)26-21-28(36(2,3)4)32(40)29(22-26)37(5,6)7/h8-22,31,33,40H,1-7H3/t31-,33-,38-/m1/s1. The number of aliphatic imine (C=N–C) groups is 1. The number of nitrogens with zero attached hydrogens (tertiary/aromatic N) is 1. The first kappa shape index (κ1) is 29.3. The molecule has 4 nitrogen and oxygen atoms in total. The van der Waals surface area contributed by atoms with Gasteiger partial charge in [-0.2, -0.15) is 0 Å². The van der Waals surface area contributed by atoms with Crippen molar-refractivity contribution < 1.29 is 14.6 Å². The number of fused-ring (bicyclic) bond motifs is 1. The summed E-state index contributed by atoms with van der Waals surface area (Å²) in [4.78, 5) is 19.4. The Balaban J connectivity index is 1.67. The van der Waals surface area contributed by atoms with Crippen molar-refractivity contribution >= 4 is 22.7 Å². The van der Waals surface area contributed by atoms with Gasteiger partial charge in [-0.25, -0.2) is 4.99 Å². The number of benzene rings is 4. The minimum Gasteiger partial charge on any atom is -0.507 e. The molecule has 3 atom stereocenters. The summed E-state index contributed by atoms with van der Waals surface area (Å²) in [5, 5.41) is 12.3. The predicted octanol–water partition coefficient (Wildman–Crippen LogP) is 9.02. The molecule has 0 radical (unpaired) electrons. The van der Waals surface area contributed by atoms with Crippen LogP contribution in [-0.2, 0) is 15.6 Å². The minimum atomic E-state index is -1.12. The van der Waals surface area contributed by atoms with Gasteiger partial charge in [0.05, 0.1) is 0 Å². The highest BCUT2D eigenvalue weighted by atomic mass is 32.2. The average Bonchev–Trinajstić information content (AvgIpc) is 3.29. The minimum absolute atomic E-state index is 0.205. The van der Waals surface area contributed by atoms with Gasteiger partial charge in [0.1, 0.15) is 22.6 Å². The van der Waals surface area contributed by atoms with E-state index >= 15 is 0 Å². The zero-order valence-electron chi connectivity index (χ0n) is 25.9. The highest BCUT2D eigenvalue weighted by Gasteiger charge is 2.62. The van der Waals surface area contributed by atoms with Crippen molar-refractivity contribution in [2.24, 2.45) is 4.99 Å². The van der Waals surface area contributed by atoms with E-state index in [0.29, 0.717) is 10.8 Å². The third-order valence-electron chi connectivity index (χ3n) is 8.58. The molecule has 0 aromatic heterocycles. The van der Waals surface area contributed by atoms with Gasteiger partial charge in [0.15, 0.2) is 4.75 Å². The molecule has 0 aliphatic carbocycles. The molecule has 0 saturated heterocycles. The molecular formula is C38H39NO3S. The molecule has 4 aromatic rings. The van der Waals surface area contributed by atoms with E-state index in [2.05, 4.69) is 90.9 Å².